The summed E-state index contributed by atoms with van der Waals surface area (Å²) in [6, 6.07) is 0. The molecule has 0 rings (SSSR count). The van der Waals surface area contributed by atoms with E-state index < -0.39 is 78.4 Å². The number of phosphoric ester groups is 2. The fourth-order valence-corrected chi connectivity index (χ4v) is 6.49. The molecule has 370 valence electrons. The molecule has 0 saturated heterocycles. The van der Waals surface area contributed by atoms with Gasteiger partial charge in [0.1, 0.15) is 12.7 Å². The summed E-state index contributed by atoms with van der Waals surface area (Å²) in [6.07, 6.45) is 44.2. The van der Waals surface area contributed by atoms with Gasteiger partial charge in [0.2, 0.25) is 0 Å². The number of carbonyl (C=O) groups is 2. The predicted molar refractivity (Wildman–Crippen MR) is 255 cm³/mol. The Kier molecular flexibility index (Phi) is 39.9. The third-order valence-electron chi connectivity index (χ3n) is 8.83. The fraction of sp³-hybridized carbons (Fsp3) is 0.583. The van der Waals surface area contributed by atoms with Crippen LogP contribution in [0.3, 0.4) is 0 Å². The van der Waals surface area contributed by atoms with E-state index in [1.165, 1.54) is 12.8 Å². The average Bonchev–Trinajstić information content (AvgIpc) is 3.26. The zero-order valence-corrected chi connectivity index (χ0v) is 40.3. The average molecular weight is 957 g/mol. The van der Waals surface area contributed by atoms with Crippen LogP contribution < -0.4 is 0 Å². The van der Waals surface area contributed by atoms with Gasteiger partial charge in [-0.25, -0.2) is 9.13 Å². The van der Waals surface area contributed by atoms with E-state index in [0.717, 1.165) is 64.2 Å². The minimum atomic E-state index is -4.90. The molecular formula is C48H78O15P2. The molecule has 0 aliphatic rings. The van der Waals surface area contributed by atoms with Crippen LogP contribution in [0.15, 0.2) is 109 Å². The van der Waals surface area contributed by atoms with Crippen molar-refractivity contribution in [2.75, 3.05) is 26.4 Å². The van der Waals surface area contributed by atoms with Gasteiger partial charge in [-0.05, 0) is 83.5 Å². The van der Waals surface area contributed by atoms with Crippen LogP contribution in [0.4, 0.5) is 0 Å². The van der Waals surface area contributed by atoms with Crippen molar-refractivity contribution in [3.63, 3.8) is 0 Å². The Labute approximate surface area is 387 Å². The Bertz CT molecular complexity index is 1590. The highest BCUT2D eigenvalue weighted by molar-refractivity contribution is 7.47. The summed E-state index contributed by atoms with van der Waals surface area (Å²) >= 11 is 0. The van der Waals surface area contributed by atoms with Crippen LogP contribution in [0, 0.1) is 0 Å². The first-order chi connectivity index (χ1) is 31.2. The molecule has 6 N–H and O–H groups in total. The highest BCUT2D eigenvalue weighted by Gasteiger charge is 2.28. The minimum Gasteiger partial charge on any atom is -0.462 e. The molecule has 0 bridgehead atoms. The van der Waals surface area contributed by atoms with Crippen LogP contribution in [-0.2, 0) is 41.8 Å². The van der Waals surface area contributed by atoms with Crippen molar-refractivity contribution in [3.05, 3.63) is 109 Å². The second-order valence-corrected chi connectivity index (χ2v) is 17.7. The number of phosphoric acid groups is 2. The number of unbranched alkanes of at least 4 members (excludes halogenated alkanes) is 6. The molecule has 0 spiro atoms. The van der Waals surface area contributed by atoms with E-state index in [9.17, 15) is 38.9 Å². The quantitative estimate of drug-likeness (QED) is 0.0110. The van der Waals surface area contributed by atoms with E-state index in [0.29, 0.717) is 12.8 Å². The molecule has 0 aromatic rings. The molecule has 17 heteroatoms. The zero-order chi connectivity index (χ0) is 48.3. The monoisotopic (exact) mass is 956 g/mol. The van der Waals surface area contributed by atoms with E-state index in [4.69, 9.17) is 23.8 Å². The summed E-state index contributed by atoms with van der Waals surface area (Å²) in [7, 11) is -9.79. The second kappa shape index (κ2) is 42.1. The smallest absolute Gasteiger partial charge is 0.462 e. The normalized spacial score (nSPS) is 15.9. The molecule has 0 amide bonds. The molecule has 1 unspecified atom stereocenters. The molecule has 0 fully saturated rings. The van der Waals surface area contributed by atoms with Crippen LogP contribution in [-0.4, -0.2) is 92.8 Å². The van der Waals surface area contributed by atoms with Gasteiger partial charge in [-0.3, -0.25) is 23.2 Å². The molecule has 0 aliphatic heterocycles. The number of ether oxygens (including phenoxy) is 2. The summed E-state index contributed by atoms with van der Waals surface area (Å²) in [5.41, 5.74) is 0. The Hall–Kier alpha value is -3.30. The third-order valence-corrected chi connectivity index (χ3v) is 10.3. The maximum atomic E-state index is 12.7. The van der Waals surface area contributed by atoms with Gasteiger partial charge >= 0.3 is 27.6 Å². The second-order valence-electron chi connectivity index (χ2n) is 15.0. The molecule has 0 saturated carbocycles. The van der Waals surface area contributed by atoms with E-state index in [-0.39, 0.29) is 25.7 Å². The third kappa shape index (κ3) is 45.6. The van der Waals surface area contributed by atoms with Gasteiger partial charge in [-0.1, -0.05) is 142 Å². The van der Waals surface area contributed by atoms with Crippen LogP contribution in [0.5, 0.6) is 0 Å². The molecular weight excluding hydrogens is 878 g/mol. The lowest BCUT2D eigenvalue weighted by Crippen LogP contribution is -2.30. The zero-order valence-electron chi connectivity index (χ0n) is 38.5. The number of hydrogen-bond acceptors (Lipinski definition) is 12. The van der Waals surface area contributed by atoms with Crippen LogP contribution in [0.2, 0.25) is 0 Å². The van der Waals surface area contributed by atoms with Crippen molar-refractivity contribution in [2.45, 2.75) is 154 Å². The number of allylic oxidation sites excluding steroid dienone is 15. The number of carbonyl (C=O) groups excluding carboxylic acids is 2. The standard InChI is InChI=1S/C48H78O15P2/c1-3-5-7-9-11-12-13-14-15-16-17-18-19-20-21-22-23-25-31-37-48(53)63-46(42-62-65(57,58)61-40-45(51)39-60-64(54,55)56)41-59-47(52)38-32-36-44(50)35-30-27-26-29-34-43(49)33-28-24-10-8-6-4-2/h5,7,11-12,14-15,17-18,20-21,24,26-30,34-35,43-46,49-51H,3-4,6,8-10,13,16,19,22-23,25,31-33,36-42H2,1-2H3,(H,57,58)(H2,54,55,56)/b7-5-,12-11-,15-14-,18-17-,21-20-,27-26+,28-24-,34-29+,35-30-/t43-,44-,45+,46-/m1/s1. The predicted octanol–water partition coefficient (Wildman–Crippen LogP) is 9.83. The highest BCUT2D eigenvalue weighted by Crippen LogP contribution is 2.43. The Morgan fingerprint density at radius 3 is 1.66 bits per heavy atom. The van der Waals surface area contributed by atoms with Crippen molar-refractivity contribution in [1.82, 2.24) is 0 Å². The molecule has 0 radical (unpaired) electrons. The number of hydrogen-bond donors (Lipinski definition) is 6. The Balaban J connectivity index is 4.82. The van der Waals surface area contributed by atoms with E-state index in [1.54, 1.807) is 36.5 Å². The molecule has 0 aromatic heterocycles. The van der Waals surface area contributed by atoms with Crippen molar-refractivity contribution in [2.24, 2.45) is 0 Å². The molecule has 15 nitrogen and oxygen atoms in total. The van der Waals surface area contributed by atoms with Crippen molar-refractivity contribution >= 4 is 27.6 Å². The molecule has 5 atom stereocenters. The summed E-state index contributed by atoms with van der Waals surface area (Å²) in [6.45, 7) is 1.25. The van der Waals surface area contributed by atoms with Gasteiger partial charge in [0, 0.05) is 12.8 Å². The van der Waals surface area contributed by atoms with E-state index in [1.807, 2.05) is 6.08 Å². The molecule has 0 heterocycles. The number of rotatable bonds is 41. The fourth-order valence-electron chi connectivity index (χ4n) is 5.33. The Morgan fingerprint density at radius 2 is 1.06 bits per heavy atom. The Morgan fingerprint density at radius 1 is 0.538 bits per heavy atom. The summed E-state index contributed by atoms with van der Waals surface area (Å²) in [5.74, 6) is -1.32. The summed E-state index contributed by atoms with van der Waals surface area (Å²) in [5, 5.41) is 30.1. The lowest BCUT2D eigenvalue weighted by molar-refractivity contribution is -0.161. The van der Waals surface area contributed by atoms with E-state index >= 15 is 0 Å². The van der Waals surface area contributed by atoms with Crippen molar-refractivity contribution < 1.29 is 71.8 Å². The first-order valence-corrected chi connectivity index (χ1v) is 25.8. The number of aliphatic hydroxyl groups is 3. The van der Waals surface area contributed by atoms with Crippen LogP contribution >= 0.6 is 15.6 Å². The SMILES string of the molecule is CC/C=C\C/C=C\C/C=C\C/C=C\C/C=C\CCCCCC(=O)O[C@H](COC(=O)CCC[C@H](O)\C=C/C=C/C=C/[C@H](O)C/C=C\CCCCC)COP(=O)(O)OC[C@@H](O)COP(=O)(O)O. The minimum absolute atomic E-state index is 0.0326. The van der Waals surface area contributed by atoms with Gasteiger partial charge in [0.25, 0.3) is 0 Å². The van der Waals surface area contributed by atoms with Gasteiger partial charge in [0.05, 0.1) is 32.0 Å². The van der Waals surface area contributed by atoms with Gasteiger partial charge in [-0.15, -0.1) is 0 Å². The first-order valence-electron chi connectivity index (χ1n) is 22.8. The van der Waals surface area contributed by atoms with E-state index in [2.05, 4.69) is 89.7 Å². The first kappa shape index (κ1) is 61.7. The molecule has 0 aliphatic carbocycles. The summed E-state index contributed by atoms with van der Waals surface area (Å²) < 4.78 is 47.6. The van der Waals surface area contributed by atoms with Crippen LogP contribution in [0.1, 0.15) is 129 Å². The van der Waals surface area contributed by atoms with Gasteiger partial charge < -0.3 is 39.5 Å². The van der Waals surface area contributed by atoms with Crippen LogP contribution in [0.25, 0.3) is 0 Å². The van der Waals surface area contributed by atoms with Crippen molar-refractivity contribution in [3.8, 4) is 0 Å². The maximum absolute atomic E-state index is 12.7. The number of esters is 2. The molecule has 65 heavy (non-hydrogen) atoms. The lowest BCUT2D eigenvalue weighted by Gasteiger charge is -2.20. The highest BCUT2D eigenvalue weighted by atomic mass is 31.2. The summed E-state index contributed by atoms with van der Waals surface area (Å²) in [4.78, 5) is 52.8. The van der Waals surface area contributed by atoms with Gasteiger partial charge in [0.15, 0.2) is 6.10 Å². The van der Waals surface area contributed by atoms with Gasteiger partial charge in [-0.2, -0.15) is 0 Å². The van der Waals surface area contributed by atoms with Crippen molar-refractivity contribution in [1.29, 1.82) is 0 Å². The number of aliphatic hydroxyl groups excluding tert-OH is 3. The largest absolute Gasteiger partial charge is 0.472 e. The molecule has 0 aromatic carbocycles. The maximum Gasteiger partial charge on any atom is 0.472 e. The topological polar surface area (TPSA) is 236 Å². The lowest BCUT2D eigenvalue weighted by atomic mass is 10.1.